The van der Waals surface area contributed by atoms with Crippen LogP contribution in [0.2, 0.25) is 0 Å². The van der Waals surface area contributed by atoms with Crippen LogP contribution >= 0.6 is 11.6 Å². The standard InChI is InChI=1S/C16H14ClNO3/c17-15-11-3-1-2-4-12(11)18(16(15)19)8-10-5-6-13-14(7-10)21-9-20-13/h4-7H,1-3,8-9H2. The average molecular weight is 304 g/mol. The van der Waals surface area contributed by atoms with E-state index in [0.717, 1.165) is 47.6 Å². The van der Waals surface area contributed by atoms with E-state index in [1.807, 2.05) is 18.2 Å². The molecule has 0 atom stereocenters. The van der Waals surface area contributed by atoms with Gasteiger partial charge in [-0.25, -0.2) is 0 Å². The molecule has 0 unspecified atom stereocenters. The summed E-state index contributed by atoms with van der Waals surface area (Å²) in [6.07, 6.45) is 5.04. The van der Waals surface area contributed by atoms with Crippen molar-refractivity contribution in [2.75, 3.05) is 6.79 Å². The quantitative estimate of drug-likeness (QED) is 0.841. The van der Waals surface area contributed by atoms with Gasteiger partial charge in [0.1, 0.15) is 5.03 Å². The van der Waals surface area contributed by atoms with E-state index in [2.05, 4.69) is 6.08 Å². The lowest BCUT2D eigenvalue weighted by atomic mass is 9.99. The number of fused-ring (bicyclic) bond motifs is 2. The van der Waals surface area contributed by atoms with Crippen LogP contribution in [-0.4, -0.2) is 17.6 Å². The van der Waals surface area contributed by atoms with Crippen LogP contribution in [0.25, 0.3) is 0 Å². The fourth-order valence-corrected chi connectivity index (χ4v) is 3.29. The first kappa shape index (κ1) is 12.8. The Labute approximate surface area is 127 Å². The van der Waals surface area contributed by atoms with Gasteiger partial charge in [-0.3, -0.25) is 4.79 Å². The van der Waals surface area contributed by atoms with Gasteiger partial charge in [-0.05, 0) is 42.5 Å². The Morgan fingerprint density at radius 3 is 3.00 bits per heavy atom. The number of carbonyl (C=O) groups excluding carboxylic acids is 1. The molecule has 0 aromatic heterocycles. The van der Waals surface area contributed by atoms with Gasteiger partial charge >= 0.3 is 0 Å². The number of halogens is 1. The number of hydrogen-bond acceptors (Lipinski definition) is 3. The lowest BCUT2D eigenvalue weighted by molar-refractivity contribution is -0.124. The van der Waals surface area contributed by atoms with Crippen LogP contribution < -0.4 is 9.47 Å². The lowest BCUT2D eigenvalue weighted by Gasteiger charge is -2.22. The maximum absolute atomic E-state index is 12.3. The van der Waals surface area contributed by atoms with Crippen molar-refractivity contribution in [2.24, 2.45) is 0 Å². The predicted molar refractivity (Wildman–Crippen MR) is 77.9 cm³/mol. The van der Waals surface area contributed by atoms with Crippen molar-refractivity contribution in [3.63, 3.8) is 0 Å². The van der Waals surface area contributed by atoms with Crippen LogP contribution in [0.4, 0.5) is 0 Å². The highest BCUT2D eigenvalue weighted by Gasteiger charge is 2.34. The van der Waals surface area contributed by atoms with Gasteiger partial charge in [-0.2, -0.15) is 0 Å². The minimum atomic E-state index is -0.0996. The van der Waals surface area contributed by atoms with E-state index in [1.54, 1.807) is 4.90 Å². The lowest BCUT2D eigenvalue weighted by Crippen LogP contribution is -2.25. The Morgan fingerprint density at radius 2 is 2.10 bits per heavy atom. The number of allylic oxidation sites excluding steroid dienone is 2. The molecule has 0 radical (unpaired) electrons. The van der Waals surface area contributed by atoms with Crippen molar-refractivity contribution in [1.29, 1.82) is 0 Å². The first-order valence-electron chi connectivity index (χ1n) is 7.03. The van der Waals surface area contributed by atoms with E-state index in [4.69, 9.17) is 21.1 Å². The molecule has 0 N–H and O–H groups in total. The number of nitrogens with zero attached hydrogens (tertiary/aromatic N) is 1. The molecule has 0 saturated carbocycles. The zero-order chi connectivity index (χ0) is 14.4. The summed E-state index contributed by atoms with van der Waals surface area (Å²) < 4.78 is 10.7. The number of rotatable bonds is 2. The Hall–Kier alpha value is -1.94. The fourth-order valence-electron chi connectivity index (χ4n) is 3.00. The van der Waals surface area contributed by atoms with Crippen LogP contribution in [0, 0.1) is 0 Å². The van der Waals surface area contributed by atoms with Crippen LogP contribution in [-0.2, 0) is 11.3 Å². The molecule has 2 aliphatic heterocycles. The third-order valence-corrected chi connectivity index (χ3v) is 4.43. The van der Waals surface area contributed by atoms with Crippen LogP contribution in [0.3, 0.4) is 0 Å². The molecular weight excluding hydrogens is 290 g/mol. The smallest absolute Gasteiger partial charge is 0.270 e. The molecule has 0 spiro atoms. The van der Waals surface area contributed by atoms with Crippen molar-refractivity contribution in [3.05, 3.63) is 46.1 Å². The van der Waals surface area contributed by atoms with E-state index in [9.17, 15) is 4.79 Å². The van der Waals surface area contributed by atoms with Crippen LogP contribution in [0.5, 0.6) is 11.5 Å². The third kappa shape index (κ3) is 2.02. The summed E-state index contributed by atoms with van der Waals surface area (Å²) in [4.78, 5) is 14.1. The van der Waals surface area contributed by atoms with Gasteiger partial charge in [0, 0.05) is 5.70 Å². The van der Waals surface area contributed by atoms with Gasteiger partial charge in [0.25, 0.3) is 5.91 Å². The Bertz CT molecular complexity index is 693. The van der Waals surface area contributed by atoms with Crippen LogP contribution in [0.15, 0.2) is 40.6 Å². The molecular formula is C16H14ClNO3. The highest BCUT2D eigenvalue weighted by atomic mass is 35.5. The zero-order valence-electron chi connectivity index (χ0n) is 11.4. The summed E-state index contributed by atoms with van der Waals surface area (Å²) in [5.41, 5.74) is 2.98. The summed E-state index contributed by atoms with van der Waals surface area (Å²) in [6.45, 7) is 0.755. The van der Waals surface area contributed by atoms with Crippen LogP contribution in [0.1, 0.15) is 24.8 Å². The molecule has 1 amide bonds. The topological polar surface area (TPSA) is 38.8 Å². The molecule has 1 aliphatic carbocycles. The highest BCUT2D eigenvalue weighted by molar-refractivity contribution is 6.44. The minimum Gasteiger partial charge on any atom is -0.454 e. The summed E-state index contributed by atoms with van der Waals surface area (Å²) in [7, 11) is 0. The zero-order valence-corrected chi connectivity index (χ0v) is 12.2. The first-order valence-corrected chi connectivity index (χ1v) is 7.41. The second-order valence-corrected chi connectivity index (χ2v) is 5.73. The summed E-state index contributed by atoms with van der Waals surface area (Å²) >= 11 is 6.19. The van der Waals surface area contributed by atoms with Gasteiger partial charge in [-0.15, -0.1) is 0 Å². The molecule has 3 aliphatic rings. The number of ether oxygens (including phenoxy) is 2. The van der Waals surface area contributed by atoms with Gasteiger partial charge in [0.2, 0.25) is 6.79 Å². The van der Waals surface area contributed by atoms with Crippen molar-refractivity contribution in [2.45, 2.75) is 25.8 Å². The van der Waals surface area contributed by atoms with E-state index < -0.39 is 0 Å². The van der Waals surface area contributed by atoms with E-state index in [0.29, 0.717) is 11.6 Å². The largest absolute Gasteiger partial charge is 0.454 e. The second kappa shape index (κ2) is 4.81. The first-order chi connectivity index (χ1) is 10.2. The van der Waals surface area contributed by atoms with Gasteiger partial charge in [0.15, 0.2) is 11.5 Å². The van der Waals surface area contributed by atoms with Crippen molar-refractivity contribution in [3.8, 4) is 11.5 Å². The molecule has 1 aromatic carbocycles. The van der Waals surface area contributed by atoms with E-state index in [1.165, 1.54) is 0 Å². The van der Waals surface area contributed by atoms with E-state index in [-0.39, 0.29) is 12.7 Å². The maximum Gasteiger partial charge on any atom is 0.270 e. The van der Waals surface area contributed by atoms with E-state index >= 15 is 0 Å². The summed E-state index contributed by atoms with van der Waals surface area (Å²) in [6, 6.07) is 5.75. The summed E-state index contributed by atoms with van der Waals surface area (Å²) in [5.74, 6) is 1.38. The average Bonchev–Trinajstić information content (AvgIpc) is 3.06. The maximum atomic E-state index is 12.3. The molecule has 5 heteroatoms. The Kier molecular flexibility index (Phi) is 2.93. The Morgan fingerprint density at radius 1 is 1.24 bits per heavy atom. The van der Waals surface area contributed by atoms with Gasteiger partial charge < -0.3 is 14.4 Å². The molecule has 21 heavy (non-hydrogen) atoms. The van der Waals surface area contributed by atoms with Crippen molar-refractivity contribution < 1.29 is 14.3 Å². The molecule has 1 aromatic rings. The molecule has 4 rings (SSSR count). The van der Waals surface area contributed by atoms with Crippen molar-refractivity contribution in [1.82, 2.24) is 4.90 Å². The fraction of sp³-hybridized carbons (Fsp3) is 0.312. The van der Waals surface area contributed by atoms with Gasteiger partial charge in [-0.1, -0.05) is 23.7 Å². The van der Waals surface area contributed by atoms with Crippen molar-refractivity contribution >= 4 is 17.5 Å². The molecule has 4 nitrogen and oxygen atoms in total. The predicted octanol–water partition coefficient (Wildman–Crippen LogP) is 3.32. The molecule has 0 fully saturated rings. The molecule has 0 bridgehead atoms. The Balaban J connectivity index is 1.63. The molecule has 0 saturated heterocycles. The molecule has 2 heterocycles. The number of benzene rings is 1. The van der Waals surface area contributed by atoms with Gasteiger partial charge in [0.05, 0.1) is 6.54 Å². The normalized spacial score (nSPS) is 20.0. The third-order valence-electron chi connectivity index (χ3n) is 4.04. The monoisotopic (exact) mass is 303 g/mol. The number of hydrogen-bond donors (Lipinski definition) is 0. The molecule has 108 valence electrons. The second-order valence-electron chi connectivity index (χ2n) is 5.35. The minimum absolute atomic E-state index is 0.0996. The summed E-state index contributed by atoms with van der Waals surface area (Å²) in [5, 5.41) is 0.377. The SMILES string of the molecule is O=C1C(Cl)=C2CCCC=C2N1Cc1ccc2c(c1)OCO2. The highest BCUT2D eigenvalue weighted by Crippen LogP contribution is 2.40. The number of amides is 1. The number of carbonyl (C=O) groups is 1.